The average molecular weight is 401 g/mol. The van der Waals surface area contributed by atoms with Gasteiger partial charge in [-0.15, -0.1) is 0 Å². The van der Waals surface area contributed by atoms with Crippen molar-refractivity contribution in [1.82, 2.24) is 15.3 Å². The van der Waals surface area contributed by atoms with Gasteiger partial charge in [-0.05, 0) is 57.4 Å². The molecule has 1 fully saturated rings. The smallest absolute Gasteiger partial charge is 0.254 e. The van der Waals surface area contributed by atoms with Crippen molar-refractivity contribution in [3.8, 4) is 5.69 Å². The zero-order chi connectivity index (χ0) is 20.1. The maximum Gasteiger partial charge on any atom is 0.254 e. The Balaban J connectivity index is 1.63. The maximum absolute atomic E-state index is 12.0. The van der Waals surface area contributed by atoms with Crippen LogP contribution >= 0.6 is 11.6 Å². The van der Waals surface area contributed by atoms with Gasteiger partial charge < -0.3 is 9.88 Å². The van der Waals surface area contributed by atoms with Crippen molar-refractivity contribution in [3.05, 3.63) is 51.8 Å². The summed E-state index contributed by atoms with van der Waals surface area (Å²) in [4.78, 5) is 12.0. The van der Waals surface area contributed by atoms with Crippen molar-refractivity contribution in [1.29, 1.82) is 0 Å². The Morgan fingerprint density at radius 1 is 1.21 bits per heavy atom. The van der Waals surface area contributed by atoms with Crippen LogP contribution in [-0.2, 0) is 4.79 Å². The number of hydrogen-bond acceptors (Lipinski definition) is 3. The van der Waals surface area contributed by atoms with E-state index in [1.807, 2.05) is 25.1 Å². The molecule has 5 nitrogen and oxygen atoms in total. The van der Waals surface area contributed by atoms with Crippen LogP contribution in [0.5, 0.6) is 0 Å². The Labute approximate surface area is 172 Å². The lowest BCUT2D eigenvalue weighted by molar-refractivity contribution is -0.120. The number of rotatable bonds is 6. The molecule has 1 amide bonds. The molecule has 1 aliphatic carbocycles. The molecule has 0 unspecified atom stereocenters. The highest BCUT2D eigenvalue weighted by Gasteiger charge is 2.14. The number of nitrogens with one attached hydrogen (secondary N) is 2. The lowest BCUT2D eigenvalue weighted by Gasteiger charge is -2.22. The third-order valence-electron chi connectivity index (χ3n) is 5.43. The number of aryl methyl sites for hydroxylation is 2. The zero-order valence-electron chi connectivity index (χ0n) is 16.9. The van der Waals surface area contributed by atoms with Crippen LogP contribution in [0.4, 0.5) is 0 Å². The molecule has 0 aliphatic heterocycles. The Morgan fingerprint density at radius 3 is 2.71 bits per heavy atom. The van der Waals surface area contributed by atoms with Crippen molar-refractivity contribution in [3.63, 3.8) is 0 Å². The van der Waals surface area contributed by atoms with Gasteiger partial charge in [0.1, 0.15) is 0 Å². The fourth-order valence-corrected chi connectivity index (χ4v) is 4.04. The van der Waals surface area contributed by atoms with Crippen molar-refractivity contribution in [2.24, 2.45) is 5.10 Å². The monoisotopic (exact) mass is 400 g/mol. The van der Waals surface area contributed by atoms with E-state index >= 15 is 0 Å². The summed E-state index contributed by atoms with van der Waals surface area (Å²) in [7, 11) is 0. The predicted octanol–water partition coefficient (Wildman–Crippen LogP) is 4.43. The zero-order valence-corrected chi connectivity index (χ0v) is 17.6. The van der Waals surface area contributed by atoms with E-state index in [-0.39, 0.29) is 5.91 Å². The summed E-state index contributed by atoms with van der Waals surface area (Å²) in [5.74, 6) is -0.110. The third kappa shape index (κ3) is 5.03. The number of amides is 1. The number of hydrogen-bond donors (Lipinski definition) is 2. The molecule has 2 aromatic rings. The minimum Gasteiger partial charge on any atom is -0.318 e. The highest BCUT2D eigenvalue weighted by Crippen LogP contribution is 2.25. The van der Waals surface area contributed by atoms with Gasteiger partial charge in [-0.2, -0.15) is 5.10 Å². The van der Waals surface area contributed by atoms with E-state index in [0.29, 0.717) is 17.6 Å². The van der Waals surface area contributed by atoms with Crippen LogP contribution in [0.3, 0.4) is 0 Å². The molecule has 3 rings (SSSR count). The minimum absolute atomic E-state index is 0.110. The van der Waals surface area contributed by atoms with E-state index in [4.69, 9.17) is 11.6 Å². The molecule has 0 atom stereocenters. The summed E-state index contributed by atoms with van der Waals surface area (Å²) in [5.41, 5.74) is 7.95. The van der Waals surface area contributed by atoms with Gasteiger partial charge in [-0.25, -0.2) is 5.43 Å². The molecule has 0 bridgehead atoms. The molecule has 1 saturated carbocycles. The first kappa shape index (κ1) is 20.6. The first-order valence-electron chi connectivity index (χ1n) is 9.96. The minimum atomic E-state index is -0.110. The van der Waals surface area contributed by atoms with Gasteiger partial charge in [0, 0.05) is 33.7 Å². The number of hydrazone groups is 1. The molecule has 2 N–H and O–H groups in total. The van der Waals surface area contributed by atoms with E-state index in [2.05, 4.69) is 40.3 Å². The molecule has 1 aromatic heterocycles. The number of carbonyl (C=O) groups is 1. The van der Waals surface area contributed by atoms with Gasteiger partial charge in [-0.1, -0.05) is 36.9 Å². The predicted molar refractivity (Wildman–Crippen MR) is 116 cm³/mol. The number of nitrogens with zero attached hydrogens (tertiary/aromatic N) is 2. The molecule has 0 saturated heterocycles. The summed E-state index contributed by atoms with van der Waals surface area (Å²) in [5, 5.41) is 8.18. The van der Waals surface area contributed by atoms with E-state index in [9.17, 15) is 4.79 Å². The van der Waals surface area contributed by atoms with Crippen molar-refractivity contribution in [2.75, 3.05) is 6.54 Å². The van der Waals surface area contributed by atoms with E-state index in [1.165, 1.54) is 19.3 Å². The fourth-order valence-electron chi connectivity index (χ4n) is 3.87. The van der Waals surface area contributed by atoms with E-state index < -0.39 is 0 Å². The molecule has 28 heavy (non-hydrogen) atoms. The van der Waals surface area contributed by atoms with Gasteiger partial charge in [0.25, 0.3) is 5.91 Å². The van der Waals surface area contributed by atoms with Crippen LogP contribution in [0.15, 0.2) is 29.4 Å². The second kappa shape index (κ2) is 9.39. The SMILES string of the molecule is Cc1ccc(Cl)cc1-n1c(C)cc(/C=N\NC(=O)CNC2CCCCC2)c1C. The molecule has 1 aliphatic rings. The quantitative estimate of drug-likeness (QED) is 0.556. The Hall–Kier alpha value is -2.11. The van der Waals surface area contributed by atoms with Gasteiger partial charge >= 0.3 is 0 Å². The van der Waals surface area contributed by atoms with Gasteiger partial charge in [0.05, 0.1) is 12.8 Å². The fraction of sp³-hybridized carbons (Fsp3) is 0.455. The molecule has 1 heterocycles. The molecular weight excluding hydrogens is 372 g/mol. The third-order valence-corrected chi connectivity index (χ3v) is 5.67. The van der Waals surface area contributed by atoms with Crippen LogP contribution in [0.1, 0.15) is 54.6 Å². The van der Waals surface area contributed by atoms with Gasteiger partial charge in [0.15, 0.2) is 0 Å². The van der Waals surface area contributed by atoms with Crippen LogP contribution < -0.4 is 10.7 Å². The molecular formula is C22H29ClN4O. The number of aromatic nitrogens is 1. The van der Waals surface area contributed by atoms with Gasteiger partial charge in [-0.3, -0.25) is 4.79 Å². The lowest BCUT2D eigenvalue weighted by atomic mass is 9.95. The van der Waals surface area contributed by atoms with Crippen LogP contribution in [-0.4, -0.2) is 29.3 Å². The molecule has 1 aromatic carbocycles. The second-order valence-corrected chi connectivity index (χ2v) is 8.04. The summed E-state index contributed by atoms with van der Waals surface area (Å²) >= 11 is 6.19. The Morgan fingerprint density at radius 2 is 1.96 bits per heavy atom. The van der Waals surface area contributed by atoms with E-state index in [1.54, 1.807) is 6.21 Å². The van der Waals surface area contributed by atoms with Crippen molar-refractivity contribution >= 4 is 23.7 Å². The molecule has 6 heteroatoms. The molecule has 0 spiro atoms. The number of benzene rings is 1. The summed E-state index contributed by atoms with van der Waals surface area (Å²) in [6.45, 7) is 6.47. The second-order valence-electron chi connectivity index (χ2n) is 7.60. The van der Waals surface area contributed by atoms with Crippen LogP contribution in [0, 0.1) is 20.8 Å². The topological polar surface area (TPSA) is 58.4 Å². The highest BCUT2D eigenvalue weighted by molar-refractivity contribution is 6.30. The van der Waals surface area contributed by atoms with Gasteiger partial charge in [0.2, 0.25) is 0 Å². The Kier molecular flexibility index (Phi) is 6.92. The first-order valence-corrected chi connectivity index (χ1v) is 10.3. The average Bonchev–Trinajstić information content (AvgIpc) is 2.96. The Bertz CT molecular complexity index is 866. The normalized spacial score (nSPS) is 15.3. The lowest BCUT2D eigenvalue weighted by Crippen LogP contribution is -2.38. The standard InChI is InChI=1S/C22H29ClN4O/c1-15-9-10-19(23)12-21(15)27-16(2)11-18(17(27)3)13-25-26-22(28)14-24-20-7-5-4-6-8-20/h9-13,20,24H,4-8,14H2,1-3H3,(H,26,28)/b25-13-. The first-order chi connectivity index (χ1) is 13.5. The molecule has 150 valence electrons. The largest absolute Gasteiger partial charge is 0.318 e. The van der Waals surface area contributed by atoms with Crippen LogP contribution in [0.2, 0.25) is 5.02 Å². The van der Waals surface area contributed by atoms with Crippen LogP contribution in [0.25, 0.3) is 5.69 Å². The van der Waals surface area contributed by atoms with Crippen molar-refractivity contribution < 1.29 is 4.79 Å². The van der Waals surface area contributed by atoms with Crippen molar-refractivity contribution in [2.45, 2.75) is 58.9 Å². The highest BCUT2D eigenvalue weighted by atomic mass is 35.5. The van der Waals surface area contributed by atoms with E-state index in [0.717, 1.165) is 41.0 Å². The number of halogens is 1. The molecule has 0 radical (unpaired) electrons. The maximum atomic E-state index is 12.0. The summed E-state index contributed by atoms with van der Waals surface area (Å²) in [6, 6.07) is 8.41. The summed E-state index contributed by atoms with van der Waals surface area (Å²) < 4.78 is 2.16. The summed E-state index contributed by atoms with van der Waals surface area (Å²) in [6.07, 6.45) is 7.83. The number of carbonyl (C=O) groups excluding carboxylic acids is 1.